The molecule has 0 saturated heterocycles. The number of benzene rings is 1. The molecule has 136 valence electrons. The van der Waals surface area contributed by atoms with E-state index < -0.39 is 24.8 Å². The van der Waals surface area contributed by atoms with E-state index in [-0.39, 0.29) is 12.6 Å². The van der Waals surface area contributed by atoms with Crippen molar-refractivity contribution in [2.75, 3.05) is 0 Å². The van der Waals surface area contributed by atoms with Crippen LogP contribution in [-0.2, 0) is 31.0 Å². The van der Waals surface area contributed by atoms with Crippen molar-refractivity contribution in [2.24, 2.45) is 0 Å². The maximum atomic E-state index is 13.2. The molecule has 0 aliphatic carbocycles. The van der Waals surface area contributed by atoms with Gasteiger partial charge in [0.25, 0.3) is 0 Å². The Morgan fingerprint density at radius 2 is 1.38 bits per heavy atom. The molecule has 6 heteroatoms. The van der Waals surface area contributed by atoms with Gasteiger partial charge in [-0.05, 0) is 59.1 Å². The van der Waals surface area contributed by atoms with Crippen LogP contribution in [0, 0.1) is 0 Å². The Morgan fingerprint density at radius 1 is 0.958 bits per heavy atom. The van der Waals surface area contributed by atoms with Gasteiger partial charge in [-0.15, -0.1) is 0 Å². The van der Waals surface area contributed by atoms with Crippen LogP contribution in [0.25, 0.3) is 0 Å². The van der Waals surface area contributed by atoms with Crippen LogP contribution in [0.5, 0.6) is 0 Å². The molecule has 0 aliphatic heterocycles. The van der Waals surface area contributed by atoms with Gasteiger partial charge in [-0.2, -0.15) is 0 Å². The molecule has 0 heterocycles. The summed E-state index contributed by atoms with van der Waals surface area (Å²) >= 11 is 0. The minimum Gasteiger partial charge on any atom is -0.481 e. The molecule has 0 aliphatic rings. The number of rotatable bonds is 7. The molecule has 0 atom stereocenters. The number of carboxylic acid groups (broad SMARTS) is 1. The number of carboxylic acids is 1. The van der Waals surface area contributed by atoms with Crippen molar-refractivity contribution in [3.63, 3.8) is 0 Å². The first-order valence-corrected chi connectivity index (χ1v) is 9.81. The van der Waals surface area contributed by atoms with E-state index in [0.29, 0.717) is 6.42 Å². The summed E-state index contributed by atoms with van der Waals surface area (Å²) in [6, 6.07) is 7.41. The van der Waals surface area contributed by atoms with Crippen LogP contribution in [0.2, 0.25) is 0 Å². The summed E-state index contributed by atoms with van der Waals surface area (Å²) in [4.78, 5) is 10.6. The number of hydrogen-bond donors (Lipinski definition) is 1. The average Bonchev–Trinajstić information content (AvgIpc) is 2.32. The predicted octanol–water partition coefficient (Wildman–Crippen LogP) is 5.03. The van der Waals surface area contributed by atoms with Gasteiger partial charge < -0.3 is 14.2 Å². The number of carbonyl (C=O) groups is 1. The minimum atomic E-state index is -3.32. The molecule has 24 heavy (non-hydrogen) atoms. The number of hydrogen-bond acceptors (Lipinski definition) is 4. The molecule has 0 saturated carbocycles. The summed E-state index contributed by atoms with van der Waals surface area (Å²) in [6.07, 6.45) is 0.753. The lowest BCUT2D eigenvalue weighted by molar-refractivity contribution is -0.136. The number of aliphatic carboxylic acids is 1. The summed E-state index contributed by atoms with van der Waals surface area (Å²) in [5, 5.41) is 8.73. The Morgan fingerprint density at radius 3 is 1.75 bits per heavy atom. The van der Waals surface area contributed by atoms with E-state index in [2.05, 4.69) is 0 Å². The van der Waals surface area contributed by atoms with E-state index in [1.165, 1.54) is 0 Å². The van der Waals surface area contributed by atoms with Gasteiger partial charge >= 0.3 is 13.6 Å². The first kappa shape index (κ1) is 20.9. The van der Waals surface area contributed by atoms with Crippen molar-refractivity contribution in [1.82, 2.24) is 0 Å². The van der Waals surface area contributed by atoms with E-state index in [0.717, 1.165) is 11.1 Å². The van der Waals surface area contributed by atoms with E-state index in [4.69, 9.17) is 14.2 Å². The second-order valence-corrected chi connectivity index (χ2v) is 9.79. The lowest BCUT2D eigenvalue weighted by Gasteiger charge is -2.32. The Hall–Kier alpha value is -1.16. The third-order valence-corrected chi connectivity index (χ3v) is 5.26. The molecule has 0 fully saturated rings. The van der Waals surface area contributed by atoms with E-state index in [1.54, 1.807) is 0 Å². The molecule has 0 bridgehead atoms. The lowest BCUT2D eigenvalue weighted by atomic mass is 10.1. The van der Waals surface area contributed by atoms with Crippen LogP contribution in [0.4, 0.5) is 0 Å². The Balaban J connectivity index is 2.90. The molecule has 0 unspecified atom stereocenters. The molecule has 1 N–H and O–H groups in total. The fourth-order valence-corrected chi connectivity index (χ4v) is 4.70. The maximum Gasteiger partial charge on any atom is 0.336 e. The molecular formula is C18H29O5P. The first-order valence-electron chi connectivity index (χ1n) is 8.08. The third kappa shape index (κ3) is 8.62. The first-order chi connectivity index (χ1) is 10.8. The molecule has 0 aromatic heterocycles. The molecular weight excluding hydrogens is 327 g/mol. The van der Waals surface area contributed by atoms with Gasteiger partial charge in [0.2, 0.25) is 0 Å². The van der Waals surface area contributed by atoms with Crippen LogP contribution in [0.15, 0.2) is 24.3 Å². The lowest BCUT2D eigenvalue weighted by Crippen LogP contribution is -2.24. The fraction of sp³-hybridized carbons (Fsp3) is 0.611. The molecule has 1 aromatic rings. The van der Waals surface area contributed by atoms with Crippen molar-refractivity contribution < 1.29 is 23.5 Å². The second kappa shape index (κ2) is 7.81. The average molecular weight is 356 g/mol. The van der Waals surface area contributed by atoms with Crippen LogP contribution in [0.3, 0.4) is 0 Å². The highest BCUT2D eigenvalue weighted by Gasteiger charge is 2.35. The van der Waals surface area contributed by atoms with Crippen molar-refractivity contribution in [3.05, 3.63) is 35.4 Å². The maximum absolute atomic E-state index is 13.2. The van der Waals surface area contributed by atoms with E-state index in [9.17, 15) is 9.36 Å². The highest BCUT2D eigenvalue weighted by molar-refractivity contribution is 7.53. The minimum absolute atomic E-state index is 0.0953. The monoisotopic (exact) mass is 356 g/mol. The highest BCUT2D eigenvalue weighted by Crippen LogP contribution is 2.56. The van der Waals surface area contributed by atoms with Crippen LogP contribution >= 0.6 is 7.60 Å². The largest absolute Gasteiger partial charge is 0.481 e. The van der Waals surface area contributed by atoms with Crippen molar-refractivity contribution >= 4 is 13.6 Å². The Bertz CT molecular complexity index is 573. The smallest absolute Gasteiger partial charge is 0.336 e. The third-order valence-electron chi connectivity index (χ3n) is 2.85. The van der Waals surface area contributed by atoms with Crippen molar-refractivity contribution in [3.8, 4) is 0 Å². The van der Waals surface area contributed by atoms with Crippen LogP contribution < -0.4 is 0 Å². The van der Waals surface area contributed by atoms with E-state index in [1.807, 2.05) is 65.8 Å². The molecule has 1 aromatic carbocycles. The second-order valence-electron chi connectivity index (χ2n) is 7.89. The summed E-state index contributed by atoms with van der Waals surface area (Å²) in [5.74, 6) is -0.819. The van der Waals surface area contributed by atoms with Gasteiger partial charge in [0.15, 0.2) is 0 Å². The molecule has 1 rings (SSSR count). The summed E-state index contributed by atoms with van der Waals surface area (Å²) in [7, 11) is -3.32. The standard InChI is InChI=1S/C18H29O5P/c1-17(2,3)22-24(21,23-18(4,5)6)13-15-9-7-14(8-10-15)11-12-16(19)20/h7-10H,11-13H2,1-6H3,(H,19,20). The zero-order chi connectivity index (χ0) is 18.6. The summed E-state index contributed by atoms with van der Waals surface area (Å²) in [5.41, 5.74) is 0.611. The quantitative estimate of drug-likeness (QED) is 0.694. The molecule has 0 spiro atoms. The number of aryl methyl sites for hydroxylation is 1. The Kier molecular flexibility index (Phi) is 6.80. The van der Waals surface area contributed by atoms with Gasteiger partial charge in [0, 0.05) is 6.42 Å². The molecule has 0 amide bonds. The molecule has 5 nitrogen and oxygen atoms in total. The van der Waals surface area contributed by atoms with Crippen LogP contribution in [-0.4, -0.2) is 22.3 Å². The predicted molar refractivity (Wildman–Crippen MR) is 95.4 cm³/mol. The SMILES string of the molecule is CC(C)(C)OP(=O)(Cc1ccc(CCC(=O)O)cc1)OC(C)(C)C. The zero-order valence-electron chi connectivity index (χ0n) is 15.5. The van der Waals surface area contributed by atoms with Gasteiger partial charge in [-0.25, -0.2) is 0 Å². The van der Waals surface area contributed by atoms with Crippen molar-refractivity contribution in [2.45, 2.75) is 71.7 Å². The normalized spacial score (nSPS) is 13.1. The van der Waals surface area contributed by atoms with Gasteiger partial charge in [0.05, 0.1) is 17.4 Å². The zero-order valence-corrected chi connectivity index (χ0v) is 16.4. The van der Waals surface area contributed by atoms with Gasteiger partial charge in [-0.1, -0.05) is 24.3 Å². The van der Waals surface area contributed by atoms with Gasteiger partial charge in [0.1, 0.15) is 0 Å². The van der Waals surface area contributed by atoms with Gasteiger partial charge in [-0.3, -0.25) is 9.36 Å². The van der Waals surface area contributed by atoms with E-state index >= 15 is 0 Å². The van der Waals surface area contributed by atoms with Crippen LogP contribution in [0.1, 0.15) is 59.1 Å². The summed E-state index contributed by atoms with van der Waals surface area (Å²) < 4.78 is 24.7. The highest BCUT2D eigenvalue weighted by atomic mass is 31.2. The fourth-order valence-electron chi connectivity index (χ4n) is 2.20. The molecule has 0 radical (unpaired) electrons. The van der Waals surface area contributed by atoms with Crippen molar-refractivity contribution in [1.29, 1.82) is 0 Å². The Labute approximate surface area is 144 Å². The topological polar surface area (TPSA) is 72.8 Å². The summed E-state index contributed by atoms with van der Waals surface area (Å²) in [6.45, 7) is 11.1.